The van der Waals surface area contributed by atoms with E-state index in [4.69, 9.17) is 17.0 Å². The van der Waals surface area contributed by atoms with Crippen molar-refractivity contribution in [2.75, 3.05) is 7.11 Å². The van der Waals surface area contributed by atoms with Crippen LogP contribution in [0.4, 0.5) is 0 Å². The van der Waals surface area contributed by atoms with Crippen LogP contribution in [0.15, 0.2) is 54.6 Å². The third-order valence-electron chi connectivity index (χ3n) is 3.46. The topological polar surface area (TPSA) is 79.5 Å². The molecular weight excluding hydrogens is 350 g/mol. The van der Waals surface area contributed by atoms with E-state index in [1.807, 2.05) is 31.2 Å². The van der Waals surface area contributed by atoms with Crippen LogP contribution in [0, 0.1) is 6.92 Å². The molecule has 2 aromatic rings. The molecule has 2 amide bonds. The number of hydrogen-bond acceptors (Lipinski definition) is 4. The molecule has 6 nitrogen and oxygen atoms in total. The summed E-state index contributed by atoms with van der Waals surface area (Å²) in [6.45, 7) is 1.83. The van der Waals surface area contributed by atoms with Gasteiger partial charge in [0, 0.05) is 11.6 Å². The Bertz CT molecular complexity index is 832. The number of carbonyl (C=O) groups is 2. The summed E-state index contributed by atoms with van der Waals surface area (Å²) in [5.41, 5.74) is 7.15. The summed E-state index contributed by atoms with van der Waals surface area (Å²) in [5, 5.41) is 2.45. The van der Waals surface area contributed by atoms with E-state index < -0.39 is 5.91 Å². The van der Waals surface area contributed by atoms with Gasteiger partial charge in [0.05, 0.1) is 7.11 Å². The molecule has 26 heavy (non-hydrogen) atoms. The molecule has 0 aliphatic heterocycles. The van der Waals surface area contributed by atoms with Crippen molar-refractivity contribution in [3.63, 3.8) is 0 Å². The van der Waals surface area contributed by atoms with Gasteiger partial charge in [-0.3, -0.25) is 25.8 Å². The van der Waals surface area contributed by atoms with E-state index in [-0.39, 0.29) is 11.0 Å². The molecule has 2 aromatic carbocycles. The molecule has 0 unspecified atom stereocenters. The van der Waals surface area contributed by atoms with Crippen molar-refractivity contribution in [2.24, 2.45) is 0 Å². The third-order valence-corrected chi connectivity index (χ3v) is 3.66. The molecule has 0 saturated heterocycles. The van der Waals surface area contributed by atoms with Gasteiger partial charge in [-0.05, 0) is 54.5 Å². The Hall–Kier alpha value is -3.19. The van der Waals surface area contributed by atoms with E-state index in [0.29, 0.717) is 5.56 Å². The average molecular weight is 369 g/mol. The van der Waals surface area contributed by atoms with Gasteiger partial charge in [0.25, 0.3) is 5.91 Å². The molecular formula is C19H19N3O3S. The Balaban J connectivity index is 1.81. The van der Waals surface area contributed by atoms with Crippen LogP contribution < -0.4 is 20.9 Å². The molecule has 0 aromatic heterocycles. The number of nitrogens with one attached hydrogen (secondary N) is 3. The van der Waals surface area contributed by atoms with Crippen LogP contribution in [0.1, 0.15) is 21.5 Å². The summed E-state index contributed by atoms with van der Waals surface area (Å²) in [5.74, 6) is -0.0155. The molecule has 0 fully saturated rings. The number of aryl methyl sites for hydroxylation is 1. The molecule has 2 rings (SSSR count). The highest BCUT2D eigenvalue weighted by atomic mass is 32.1. The second kappa shape index (κ2) is 9.33. The van der Waals surface area contributed by atoms with Crippen LogP contribution in [-0.2, 0) is 4.79 Å². The van der Waals surface area contributed by atoms with Crippen LogP contribution in [0.25, 0.3) is 6.08 Å². The standard InChI is InChI=1S/C19H19N3O3S/c1-13-5-3-4-6-16(13)18(24)21-22-19(26)20-17(23)12-9-14-7-10-15(25-2)11-8-14/h3-12H,1-2H3,(H,21,24)(H2,20,22,23,26). The first kappa shape index (κ1) is 19.1. The largest absolute Gasteiger partial charge is 0.497 e. The molecule has 0 atom stereocenters. The smallest absolute Gasteiger partial charge is 0.269 e. The second-order valence-electron chi connectivity index (χ2n) is 5.32. The number of methoxy groups -OCH3 is 1. The fourth-order valence-electron chi connectivity index (χ4n) is 2.08. The summed E-state index contributed by atoms with van der Waals surface area (Å²) in [7, 11) is 1.59. The summed E-state index contributed by atoms with van der Waals surface area (Å²) < 4.78 is 5.07. The lowest BCUT2D eigenvalue weighted by atomic mass is 10.1. The van der Waals surface area contributed by atoms with Crippen molar-refractivity contribution in [2.45, 2.75) is 6.92 Å². The lowest BCUT2D eigenvalue weighted by molar-refractivity contribution is -0.115. The summed E-state index contributed by atoms with van der Waals surface area (Å²) >= 11 is 4.99. The number of carbonyl (C=O) groups excluding carboxylic acids is 2. The molecule has 3 N–H and O–H groups in total. The molecule has 0 saturated carbocycles. The minimum Gasteiger partial charge on any atom is -0.497 e. The van der Waals surface area contributed by atoms with Crippen molar-refractivity contribution in [1.82, 2.24) is 16.2 Å². The monoisotopic (exact) mass is 369 g/mol. The van der Waals surface area contributed by atoms with Crippen molar-refractivity contribution in [3.05, 3.63) is 71.3 Å². The van der Waals surface area contributed by atoms with E-state index in [1.54, 1.807) is 37.5 Å². The molecule has 0 radical (unpaired) electrons. The maximum Gasteiger partial charge on any atom is 0.269 e. The highest BCUT2D eigenvalue weighted by molar-refractivity contribution is 7.80. The average Bonchev–Trinajstić information content (AvgIpc) is 2.65. The molecule has 0 spiro atoms. The normalized spacial score (nSPS) is 10.2. The van der Waals surface area contributed by atoms with Crippen molar-refractivity contribution < 1.29 is 14.3 Å². The zero-order valence-corrected chi connectivity index (χ0v) is 15.2. The van der Waals surface area contributed by atoms with Crippen molar-refractivity contribution in [3.8, 4) is 5.75 Å². The second-order valence-corrected chi connectivity index (χ2v) is 5.73. The van der Waals surface area contributed by atoms with E-state index in [0.717, 1.165) is 16.9 Å². The number of ether oxygens (including phenoxy) is 1. The first-order valence-corrected chi connectivity index (χ1v) is 8.19. The Morgan fingerprint density at radius 1 is 1.04 bits per heavy atom. The number of benzene rings is 2. The van der Waals surface area contributed by atoms with Crippen LogP contribution >= 0.6 is 12.2 Å². The van der Waals surface area contributed by atoms with Gasteiger partial charge in [-0.15, -0.1) is 0 Å². The Kier molecular flexibility index (Phi) is 6.87. The number of amides is 2. The van der Waals surface area contributed by atoms with E-state index in [1.165, 1.54) is 6.08 Å². The van der Waals surface area contributed by atoms with Crippen LogP contribution in [-0.4, -0.2) is 24.0 Å². The first-order chi connectivity index (χ1) is 12.5. The van der Waals surface area contributed by atoms with Gasteiger partial charge in [0.2, 0.25) is 5.91 Å². The highest BCUT2D eigenvalue weighted by Gasteiger charge is 2.08. The van der Waals surface area contributed by atoms with Crippen molar-refractivity contribution in [1.29, 1.82) is 0 Å². The molecule has 0 heterocycles. The fourth-order valence-corrected chi connectivity index (χ4v) is 2.23. The van der Waals surface area contributed by atoms with Crippen molar-refractivity contribution >= 4 is 35.2 Å². The quantitative estimate of drug-likeness (QED) is 0.438. The Morgan fingerprint density at radius 3 is 2.38 bits per heavy atom. The number of hydrazine groups is 1. The lowest BCUT2D eigenvalue weighted by Gasteiger charge is -2.10. The maximum atomic E-state index is 12.0. The third kappa shape index (κ3) is 5.71. The van der Waals surface area contributed by atoms with Crippen LogP contribution in [0.3, 0.4) is 0 Å². The van der Waals surface area contributed by atoms with Gasteiger partial charge in [-0.25, -0.2) is 0 Å². The predicted molar refractivity (Wildman–Crippen MR) is 105 cm³/mol. The Morgan fingerprint density at radius 2 is 1.73 bits per heavy atom. The van der Waals surface area contributed by atoms with Gasteiger partial charge < -0.3 is 4.74 Å². The van der Waals surface area contributed by atoms with E-state index in [9.17, 15) is 9.59 Å². The number of hydrogen-bond donors (Lipinski definition) is 3. The van der Waals surface area contributed by atoms with E-state index in [2.05, 4.69) is 16.2 Å². The minimum absolute atomic E-state index is 0.00341. The molecule has 0 bridgehead atoms. The summed E-state index contributed by atoms with van der Waals surface area (Å²) in [4.78, 5) is 23.9. The first-order valence-electron chi connectivity index (χ1n) is 7.78. The lowest BCUT2D eigenvalue weighted by Crippen LogP contribution is -2.48. The molecule has 134 valence electrons. The summed E-state index contributed by atoms with van der Waals surface area (Å²) in [6.07, 6.45) is 2.99. The van der Waals surface area contributed by atoms with Gasteiger partial charge in [0.15, 0.2) is 5.11 Å². The Labute approximate surface area is 157 Å². The van der Waals surface area contributed by atoms with E-state index >= 15 is 0 Å². The highest BCUT2D eigenvalue weighted by Crippen LogP contribution is 2.12. The van der Waals surface area contributed by atoms with Crippen LogP contribution in [0.5, 0.6) is 5.75 Å². The van der Waals surface area contributed by atoms with Gasteiger partial charge >= 0.3 is 0 Å². The summed E-state index contributed by atoms with van der Waals surface area (Å²) in [6, 6.07) is 14.4. The maximum absolute atomic E-state index is 12.0. The molecule has 0 aliphatic carbocycles. The van der Waals surface area contributed by atoms with Crippen LogP contribution in [0.2, 0.25) is 0 Å². The number of thiocarbonyl (C=S) groups is 1. The zero-order valence-electron chi connectivity index (χ0n) is 14.4. The fraction of sp³-hybridized carbons (Fsp3) is 0.105. The molecule has 7 heteroatoms. The predicted octanol–water partition coefficient (Wildman–Crippen LogP) is 2.35. The SMILES string of the molecule is COc1ccc(C=CC(=O)NC(=S)NNC(=O)c2ccccc2C)cc1. The zero-order chi connectivity index (χ0) is 18.9. The molecule has 0 aliphatic rings. The number of rotatable bonds is 4. The minimum atomic E-state index is -0.413. The van der Waals surface area contributed by atoms with Gasteiger partial charge in [-0.2, -0.15) is 0 Å². The van der Waals surface area contributed by atoms with Gasteiger partial charge in [-0.1, -0.05) is 30.3 Å². The van der Waals surface area contributed by atoms with Gasteiger partial charge in [0.1, 0.15) is 5.75 Å².